The zero-order valence-electron chi connectivity index (χ0n) is 13.8. The summed E-state index contributed by atoms with van der Waals surface area (Å²) >= 11 is 0. The van der Waals surface area contributed by atoms with Crippen LogP contribution >= 0.6 is 0 Å². The number of hydrogen-bond acceptors (Lipinski definition) is 3. The van der Waals surface area contributed by atoms with E-state index in [0.717, 1.165) is 12.1 Å². The molecule has 1 heterocycles. The second-order valence-corrected chi connectivity index (χ2v) is 6.41. The van der Waals surface area contributed by atoms with Crippen LogP contribution in [0, 0.1) is 11.3 Å². The Morgan fingerprint density at radius 2 is 1.76 bits per heavy atom. The van der Waals surface area contributed by atoms with Crippen molar-refractivity contribution in [1.82, 2.24) is 0 Å². The van der Waals surface area contributed by atoms with Crippen LogP contribution in [0.3, 0.4) is 0 Å². The molecule has 0 saturated carbocycles. The van der Waals surface area contributed by atoms with Crippen LogP contribution in [-0.4, -0.2) is 33.9 Å². The number of hydrogen-bond donors (Lipinski definition) is 2. The zero-order chi connectivity index (χ0) is 19.2. The largest absolute Gasteiger partial charge is 0.481 e. The van der Waals surface area contributed by atoms with Gasteiger partial charge in [-0.15, -0.1) is 0 Å². The highest BCUT2D eigenvalue weighted by molar-refractivity contribution is 6.03. The quantitative estimate of drug-likeness (QED) is 0.867. The molecule has 0 fully saturated rings. The molecule has 2 N–H and O–H groups in total. The summed E-state index contributed by atoms with van der Waals surface area (Å²) in [5.41, 5.74) is -3.06. The highest BCUT2D eigenvalue weighted by atomic mass is 19.4. The fourth-order valence-electron chi connectivity index (χ4n) is 3.53. The summed E-state index contributed by atoms with van der Waals surface area (Å²) in [7, 11) is 0. The Kier molecular flexibility index (Phi) is 4.67. The van der Waals surface area contributed by atoms with E-state index < -0.39 is 47.0 Å². The first kappa shape index (κ1) is 19.0. The van der Waals surface area contributed by atoms with E-state index in [-0.39, 0.29) is 11.3 Å². The summed E-state index contributed by atoms with van der Waals surface area (Å²) in [4.78, 5) is 27.8. The molecule has 0 saturated heterocycles. The van der Waals surface area contributed by atoms with Crippen LogP contribution < -0.4 is 0 Å². The van der Waals surface area contributed by atoms with Crippen molar-refractivity contribution in [3.8, 4) is 0 Å². The van der Waals surface area contributed by atoms with Crippen molar-refractivity contribution in [1.29, 1.82) is 0 Å². The molecule has 1 aromatic rings. The van der Waals surface area contributed by atoms with Crippen molar-refractivity contribution in [2.24, 2.45) is 16.3 Å². The molecule has 8 heteroatoms. The minimum absolute atomic E-state index is 0.112. The topological polar surface area (TPSA) is 87.0 Å². The standard InChI is InChI=1S/C17H18F3NO4/c1-8-12(14(22)23)13(16(3,15(24)25)9(2)21-8)10-6-4-5-7-11(10)17(18,19)20/h4-7,9,12-13H,1-3H3,(H,22,23)(H,24,25). The maximum absolute atomic E-state index is 13.5. The molecule has 0 aromatic heterocycles. The van der Waals surface area contributed by atoms with Gasteiger partial charge >= 0.3 is 18.1 Å². The van der Waals surface area contributed by atoms with Gasteiger partial charge in [-0.2, -0.15) is 13.2 Å². The van der Waals surface area contributed by atoms with Crippen molar-refractivity contribution in [3.63, 3.8) is 0 Å². The second-order valence-electron chi connectivity index (χ2n) is 6.41. The van der Waals surface area contributed by atoms with Gasteiger partial charge < -0.3 is 10.2 Å². The van der Waals surface area contributed by atoms with Crippen LogP contribution in [-0.2, 0) is 15.8 Å². The van der Waals surface area contributed by atoms with Gasteiger partial charge in [0, 0.05) is 11.6 Å². The van der Waals surface area contributed by atoms with E-state index in [0.29, 0.717) is 0 Å². The third-order valence-corrected chi connectivity index (χ3v) is 5.02. The summed E-state index contributed by atoms with van der Waals surface area (Å²) in [6.45, 7) is 4.13. The monoisotopic (exact) mass is 357 g/mol. The Balaban J connectivity index is 2.84. The SMILES string of the molecule is CC1=NC(C)C(C)(C(=O)O)C(c2ccccc2C(F)(F)F)C1C(=O)O. The van der Waals surface area contributed by atoms with Gasteiger partial charge in [-0.05, 0) is 32.4 Å². The second kappa shape index (κ2) is 6.16. The van der Waals surface area contributed by atoms with Gasteiger partial charge in [0.2, 0.25) is 0 Å². The third kappa shape index (κ3) is 3.01. The number of aliphatic carboxylic acids is 2. The number of carboxylic acids is 2. The lowest BCUT2D eigenvalue weighted by atomic mass is 9.60. The predicted molar refractivity (Wildman–Crippen MR) is 83.6 cm³/mol. The predicted octanol–water partition coefficient (Wildman–Crippen LogP) is 3.44. The number of benzene rings is 1. The number of alkyl halides is 3. The van der Waals surface area contributed by atoms with E-state index in [9.17, 15) is 33.0 Å². The molecule has 4 atom stereocenters. The normalized spacial score (nSPS) is 29.8. The van der Waals surface area contributed by atoms with Crippen LogP contribution in [0.5, 0.6) is 0 Å². The van der Waals surface area contributed by atoms with Gasteiger partial charge in [-0.1, -0.05) is 18.2 Å². The van der Waals surface area contributed by atoms with Crippen molar-refractivity contribution >= 4 is 17.7 Å². The molecule has 2 rings (SSSR count). The maximum Gasteiger partial charge on any atom is 0.416 e. The first-order valence-electron chi connectivity index (χ1n) is 7.59. The maximum atomic E-state index is 13.5. The molecule has 25 heavy (non-hydrogen) atoms. The van der Waals surface area contributed by atoms with Gasteiger partial charge in [0.05, 0.1) is 17.0 Å². The van der Waals surface area contributed by atoms with Gasteiger partial charge in [0.25, 0.3) is 0 Å². The molecule has 0 aliphatic carbocycles. The molecule has 1 aliphatic rings. The molecular formula is C17H18F3NO4. The van der Waals surface area contributed by atoms with E-state index in [1.165, 1.54) is 32.9 Å². The Labute approximate surface area is 142 Å². The van der Waals surface area contributed by atoms with Gasteiger partial charge in [-0.25, -0.2) is 0 Å². The van der Waals surface area contributed by atoms with Crippen LogP contribution in [0.2, 0.25) is 0 Å². The summed E-state index contributed by atoms with van der Waals surface area (Å²) in [5, 5.41) is 19.3. The number of halogens is 3. The molecular weight excluding hydrogens is 339 g/mol. The average molecular weight is 357 g/mol. The van der Waals surface area contributed by atoms with Crippen LogP contribution in [0.15, 0.2) is 29.3 Å². The lowest BCUT2D eigenvalue weighted by Gasteiger charge is -2.44. The zero-order valence-corrected chi connectivity index (χ0v) is 13.8. The van der Waals surface area contributed by atoms with E-state index in [2.05, 4.69) is 4.99 Å². The first-order valence-corrected chi connectivity index (χ1v) is 7.59. The highest BCUT2D eigenvalue weighted by Crippen LogP contribution is 2.51. The minimum atomic E-state index is -4.73. The highest BCUT2D eigenvalue weighted by Gasteiger charge is 2.57. The number of carbonyl (C=O) groups is 2. The van der Waals surface area contributed by atoms with E-state index >= 15 is 0 Å². The van der Waals surface area contributed by atoms with E-state index in [1.54, 1.807) is 0 Å². The fourth-order valence-corrected chi connectivity index (χ4v) is 3.53. The van der Waals surface area contributed by atoms with Crippen LogP contribution in [0.1, 0.15) is 37.8 Å². The molecule has 0 spiro atoms. The Morgan fingerprint density at radius 3 is 2.24 bits per heavy atom. The summed E-state index contributed by atoms with van der Waals surface area (Å²) < 4.78 is 40.4. The molecule has 0 amide bonds. The molecule has 4 unspecified atom stereocenters. The average Bonchev–Trinajstić information content (AvgIpc) is 2.49. The number of nitrogens with zero attached hydrogens (tertiary/aromatic N) is 1. The summed E-state index contributed by atoms with van der Waals surface area (Å²) in [6.07, 6.45) is -4.73. The minimum Gasteiger partial charge on any atom is -0.481 e. The Hall–Kier alpha value is -2.38. The molecule has 0 radical (unpaired) electrons. The van der Waals surface area contributed by atoms with Crippen molar-refractivity contribution in [2.45, 2.75) is 38.9 Å². The van der Waals surface area contributed by atoms with E-state index in [4.69, 9.17) is 0 Å². The van der Waals surface area contributed by atoms with Crippen LogP contribution in [0.4, 0.5) is 13.2 Å². The third-order valence-electron chi connectivity index (χ3n) is 5.02. The lowest BCUT2D eigenvalue weighted by molar-refractivity contribution is -0.155. The van der Waals surface area contributed by atoms with Crippen molar-refractivity contribution in [2.75, 3.05) is 0 Å². The van der Waals surface area contributed by atoms with E-state index in [1.807, 2.05) is 0 Å². The molecule has 136 valence electrons. The molecule has 0 bridgehead atoms. The van der Waals surface area contributed by atoms with Crippen molar-refractivity contribution < 1.29 is 33.0 Å². The van der Waals surface area contributed by atoms with Crippen molar-refractivity contribution in [3.05, 3.63) is 35.4 Å². The Morgan fingerprint density at radius 1 is 1.20 bits per heavy atom. The first-order chi connectivity index (χ1) is 11.4. The molecule has 1 aliphatic heterocycles. The number of rotatable bonds is 3. The smallest absolute Gasteiger partial charge is 0.416 e. The molecule has 1 aromatic carbocycles. The fraction of sp³-hybridized carbons (Fsp3) is 0.471. The lowest BCUT2D eigenvalue weighted by Crippen LogP contribution is -2.52. The van der Waals surface area contributed by atoms with Crippen LogP contribution in [0.25, 0.3) is 0 Å². The van der Waals surface area contributed by atoms with Gasteiger partial charge in [0.1, 0.15) is 5.92 Å². The Bertz CT molecular complexity index is 744. The summed E-state index contributed by atoms with van der Waals surface area (Å²) in [6, 6.07) is 3.63. The summed E-state index contributed by atoms with van der Waals surface area (Å²) in [5.74, 6) is -5.65. The number of aliphatic imine (C=N–C) groups is 1. The number of carboxylic acid groups (broad SMARTS) is 2. The van der Waals surface area contributed by atoms with Gasteiger partial charge in [0.15, 0.2) is 0 Å². The van der Waals surface area contributed by atoms with Gasteiger partial charge in [-0.3, -0.25) is 14.6 Å². The molecule has 5 nitrogen and oxygen atoms in total.